The average Bonchev–Trinajstić information content (AvgIpc) is 2.86. The van der Waals surface area contributed by atoms with Gasteiger partial charge in [-0.3, -0.25) is 19.7 Å². The minimum Gasteiger partial charge on any atom is -0.456 e. The third-order valence-electron chi connectivity index (χ3n) is 5.31. The molecule has 1 N–H and O–H groups in total. The van der Waals surface area contributed by atoms with Gasteiger partial charge in [0.25, 0.3) is 11.6 Å². The molecule has 0 aliphatic carbocycles. The number of nitrogens with zero attached hydrogens (tertiary/aromatic N) is 2. The SMILES string of the molecule is O=C(COC(=O)CCc1ccc(S(=O)(=O)N2CCOCC2)cc1)Nc1ccc([N+](=O)[O-])cc1C(F)(F)F. The van der Waals surface area contributed by atoms with Crippen molar-refractivity contribution in [2.75, 3.05) is 38.2 Å². The Kier molecular flexibility index (Phi) is 8.83. The summed E-state index contributed by atoms with van der Waals surface area (Å²) in [5.74, 6) is -1.87. The second-order valence-corrected chi connectivity index (χ2v) is 9.79. The van der Waals surface area contributed by atoms with Crippen molar-refractivity contribution in [3.05, 3.63) is 63.7 Å². The molecule has 1 amide bonds. The van der Waals surface area contributed by atoms with Crippen LogP contribution in [-0.2, 0) is 41.7 Å². The Morgan fingerprint density at radius 1 is 1.11 bits per heavy atom. The lowest BCUT2D eigenvalue weighted by Gasteiger charge is -2.26. The van der Waals surface area contributed by atoms with Crippen LogP contribution in [0.4, 0.5) is 24.5 Å². The van der Waals surface area contributed by atoms with E-state index in [1.807, 2.05) is 5.32 Å². The molecule has 0 spiro atoms. The van der Waals surface area contributed by atoms with Gasteiger partial charge in [0, 0.05) is 31.6 Å². The number of nitro groups is 1. The van der Waals surface area contributed by atoms with E-state index in [-0.39, 0.29) is 30.8 Å². The Labute approximate surface area is 209 Å². The van der Waals surface area contributed by atoms with E-state index in [1.165, 1.54) is 16.4 Å². The molecule has 0 unspecified atom stereocenters. The lowest BCUT2D eigenvalue weighted by molar-refractivity contribution is -0.385. The monoisotopic (exact) mass is 545 g/mol. The third kappa shape index (κ3) is 7.47. The van der Waals surface area contributed by atoms with E-state index in [1.54, 1.807) is 12.1 Å². The van der Waals surface area contributed by atoms with E-state index in [0.717, 1.165) is 12.1 Å². The number of ether oxygens (including phenoxy) is 2. The van der Waals surface area contributed by atoms with Gasteiger partial charge in [-0.15, -0.1) is 0 Å². The van der Waals surface area contributed by atoms with Crippen LogP contribution < -0.4 is 5.32 Å². The van der Waals surface area contributed by atoms with Crippen LogP contribution in [-0.4, -0.2) is 62.4 Å². The number of amides is 1. The van der Waals surface area contributed by atoms with E-state index < -0.39 is 56.5 Å². The van der Waals surface area contributed by atoms with E-state index in [9.17, 15) is 41.3 Å². The number of esters is 1. The first kappa shape index (κ1) is 28.0. The van der Waals surface area contributed by atoms with Crippen LogP contribution in [0.25, 0.3) is 0 Å². The maximum absolute atomic E-state index is 13.2. The van der Waals surface area contributed by atoms with Crippen molar-refractivity contribution in [3.8, 4) is 0 Å². The van der Waals surface area contributed by atoms with Crippen LogP contribution in [0.15, 0.2) is 47.4 Å². The predicted molar refractivity (Wildman–Crippen MR) is 122 cm³/mol. The first-order valence-electron chi connectivity index (χ1n) is 10.9. The minimum absolute atomic E-state index is 0.0990. The number of nitro benzene ring substituents is 1. The number of non-ortho nitro benzene ring substituents is 1. The molecule has 1 aliphatic heterocycles. The fourth-order valence-corrected chi connectivity index (χ4v) is 4.81. The smallest absolute Gasteiger partial charge is 0.418 e. The molecule has 0 saturated carbocycles. The summed E-state index contributed by atoms with van der Waals surface area (Å²) < 4.78 is 76.1. The summed E-state index contributed by atoms with van der Waals surface area (Å²) >= 11 is 0. The second-order valence-electron chi connectivity index (χ2n) is 7.85. The number of carbonyl (C=O) groups is 2. The zero-order chi connectivity index (χ0) is 27.2. The molecular formula is C22H22F3N3O8S. The van der Waals surface area contributed by atoms with Crippen LogP contribution in [0, 0.1) is 10.1 Å². The Balaban J connectivity index is 1.50. The van der Waals surface area contributed by atoms with Crippen LogP contribution in [0.2, 0.25) is 0 Å². The van der Waals surface area contributed by atoms with Crippen molar-refractivity contribution < 1.29 is 45.6 Å². The Hall–Kier alpha value is -3.56. The highest BCUT2D eigenvalue weighted by Crippen LogP contribution is 2.37. The van der Waals surface area contributed by atoms with Crippen molar-refractivity contribution in [3.63, 3.8) is 0 Å². The Morgan fingerprint density at radius 3 is 2.35 bits per heavy atom. The molecule has 0 radical (unpaired) electrons. The molecule has 3 rings (SSSR count). The normalized spacial score (nSPS) is 14.7. The zero-order valence-corrected chi connectivity index (χ0v) is 20.0. The topological polar surface area (TPSA) is 145 Å². The molecule has 15 heteroatoms. The summed E-state index contributed by atoms with van der Waals surface area (Å²) in [7, 11) is -3.66. The summed E-state index contributed by atoms with van der Waals surface area (Å²) in [4.78, 5) is 33.8. The maximum Gasteiger partial charge on any atom is 0.418 e. The molecule has 1 aliphatic rings. The largest absolute Gasteiger partial charge is 0.456 e. The van der Waals surface area contributed by atoms with E-state index in [4.69, 9.17) is 9.47 Å². The molecule has 2 aromatic rings. The molecular weight excluding hydrogens is 523 g/mol. The van der Waals surface area contributed by atoms with Crippen LogP contribution >= 0.6 is 0 Å². The van der Waals surface area contributed by atoms with Gasteiger partial charge in [-0.05, 0) is 30.2 Å². The number of hydrogen-bond donors (Lipinski definition) is 1. The summed E-state index contributed by atoms with van der Waals surface area (Å²) in [6, 6.07) is 7.75. The molecule has 0 aromatic heterocycles. The second kappa shape index (κ2) is 11.7. The van der Waals surface area contributed by atoms with Crippen LogP contribution in [0.1, 0.15) is 17.5 Å². The van der Waals surface area contributed by atoms with Gasteiger partial charge in [-0.2, -0.15) is 17.5 Å². The molecule has 1 saturated heterocycles. The van der Waals surface area contributed by atoms with Gasteiger partial charge in [0.15, 0.2) is 6.61 Å². The molecule has 0 atom stereocenters. The molecule has 1 fully saturated rings. The minimum atomic E-state index is -4.97. The average molecular weight is 545 g/mol. The third-order valence-corrected chi connectivity index (χ3v) is 7.22. The Bertz CT molecular complexity index is 1260. The number of hydrogen-bond acceptors (Lipinski definition) is 8. The van der Waals surface area contributed by atoms with Crippen LogP contribution in [0.3, 0.4) is 0 Å². The molecule has 2 aromatic carbocycles. The summed E-state index contributed by atoms with van der Waals surface area (Å²) in [6.45, 7) is 0.268. The van der Waals surface area contributed by atoms with E-state index in [0.29, 0.717) is 24.8 Å². The summed E-state index contributed by atoms with van der Waals surface area (Å²) in [5, 5.41) is 12.7. The molecule has 1 heterocycles. The molecule has 37 heavy (non-hydrogen) atoms. The first-order chi connectivity index (χ1) is 17.4. The lowest BCUT2D eigenvalue weighted by Crippen LogP contribution is -2.40. The van der Waals surface area contributed by atoms with Crippen molar-refractivity contribution >= 4 is 33.3 Å². The van der Waals surface area contributed by atoms with Crippen LogP contribution in [0.5, 0.6) is 0 Å². The molecule has 11 nitrogen and oxygen atoms in total. The number of nitrogens with one attached hydrogen (secondary N) is 1. The van der Waals surface area contributed by atoms with Gasteiger partial charge in [-0.1, -0.05) is 12.1 Å². The van der Waals surface area contributed by atoms with Crippen molar-refractivity contribution in [1.82, 2.24) is 4.31 Å². The number of rotatable bonds is 9. The highest BCUT2D eigenvalue weighted by Gasteiger charge is 2.35. The number of sulfonamides is 1. The van der Waals surface area contributed by atoms with Gasteiger partial charge >= 0.3 is 12.1 Å². The van der Waals surface area contributed by atoms with Crippen molar-refractivity contribution in [1.29, 1.82) is 0 Å². The lowest BCUT2D eigenvalue weighted by atomic mass is 10.1. The fourth-order valence-electron chi connectivity index (χ4n) is 3.40. The Morgan fingerprint density at radius 2 is 1.76 bits per heavy atom. The zero-order valence-electron chi connectivity index (χ0n) is 19.2. The highest BCUT2D eigenvalue weighted by molar-refractivity contribution is 7.89. The van der Waals surface area contributed by atoms with Crippen molar-refractivity contribution in [2.45, 2.75) is 23.9 Å². The number of morpholine rings is 1. The number of benzene rings is 2. The van der Waals surface area contributed by atoms with Crippen molar-refractivity contribution in [2.24, 2.45) is 0 Å². The standard InChI is InChI=1S/C22H22F3N3O8S/c23-22(24,25)18-13-16(28(31)32)4-7-19(18)26-20(29)14-36-21(30)8-3-15-1-5-17(6-2-15)37(33,34)27-9-11-35-12-10-27/h1-2,4-7,13H,3,8-12,14H2,(H,26,29). The predicted octanol–water partition coefficient (Wildman–Crippen LogP) is 2.75. The number of aryl methyl sites for hydroxylation is 1. The maximum atomic E-state index is 13.2. The highest BCUT2D eigenvalue weighted by atomic mass is 32.2. The van der Waals surface area contributed by atoms with Gasteiger partial charge in [0.2, 0.25) is 10.0 Å². The number of alkyl halides is 3. The van der Waals surface area contributed by atoms with E-state index >= 15 is 0 Å². The van der Waals surface area contributed by atoms with Gasteiger partial charge in [0.05, 0.1) is 34.3 Å². The van der Waals surface area contributed by atoms with Gasteiger partial charge < -0.3 is 14.8 Å². The quantitative estimate of drug-likeness (QED) is 0.288. The fraction of sp³-hybridized carbons (Fsp3) is 0.364. The summed E-state index contributed by atoms with van der Waals surface area (Å²) in [6.07, 6.45) is -4.98. The summed E-state index contributed by atoms with van der Waals surface area (Å²) in [5.41, 5.74) is -2.31. The number of carbonyl (C=O) groups excluding carboxylic acids is 2. The molecule has 200 valence electrons. The van der Waals surface area contributed by atoms with Gasteiger partial charge in [0.1, 0.15) is 0 Å². The number of anilines is 1. The number of halogens is 3. The molecule has 0 bridgehead atoms. The van der Waals surface area contributed by atoms with E-state index in [2.05, 4.69) is 0 Å². The van der Waals surface area contributed by atoms with Gasteiger partial charge in [-0.25, -0.2) is 8.42 Å². The first-order valence-corrected chi connectivity index (χ1v) is 12.3.